The summed E-state index contributed by atoms with van der Waals surface area (Å²) in [5.74, 6) is 1.27. The first-order chi connectivity index (χ1) is 8.99. The van der Waals surface area contributed by atoms with Crippen LogP contribution in [0.5, 0.6) is 5.75 Å². The Morgan fingerprint density at radius 2 is 2.05 bits per heavy atom. The number of rotatable bonds is 4. The van der Waals surface area contributed by atoms with Crippen molar-refractivity contribution in [3.8, 4) is 17.1 Å². The molecule has 4 nitrogen and oxygen atoms in total. The van der Waals surface area contributed by atoms with Crippen LogP contribution >= 0.6 is 0 Å². The normalized spacial score (nSPS) is 11.5. The molecular formula is C15H21N3O. The Labute approximate surface area is 114 Å². The van der Waals surface area contributed by atoms with Crippen LogP contribution in [0.15, 0.2) is 30.6 Å². The molecule has 0 aliphatic heterocycles. The quantitative estimate of drug-likeness (QED) is 0.918. The lowest BCUT2D eigenvalue weighted by atomic mass is 10.1. The molecule has 0 bridgehead atoms. The number of hydrogen-bond acceptors (Lipinski definition) is 3. The zero-order valence-electron chi connectivity index (χ0n) is 12.0. The lowest BCUT2D eigenvalue weighted by molar-refractivity contribution is 0.386. The summed E-state index contributed by atoms with van der Waals surface area (Å²) in [5.41, 5.74) is 1.95. The Balaban J connectivity index is 2.42. The zero-order chi connectivity index (χ0) is 14.0. The lowest BCUT2D eigenvalue weighted by Crippen LogP contribution is -2.11. The van der Waals surface area contributed by atoms with Crippen molar-refractivity contribution in [2.24, 2.45) is 0 Å². The van der Waals surface area contributed by atoms with E-state index in [4.69, 9.17) is 0 Å². The standard InChI is InChI=1S/C15H21N3O/c1-11(2)18-8-7-16-15(18)12-5-6-14(19)13(9-12)10-17(3)4/h5-9,11,19H,10H2,1-4H3. The van der Waals surface area contributed by atoms with Gasteiger partial charge in [-0.05, 0) is 46.1 Å². The van der Waals surface area contributed by atoms with Crippen molar-refractivity contribution in [1.29, 1.82) is 0 Å². The zero-order valence-corrected chi connectivity index (χ0v) is 12.0. The summed E-state index contributed by atoms with van der Waals surface area (Å²) < 4.78 is 2.13. The number of imidazole rings is 1. The maximum atomic E-state index is 9.91. The highest BCUT2D eigenvalue weighted by molar-refractivity contribution is 5.59. The topological polar surface area (TPSA) is 41.3 Å². The smallest absolute Gasteiger partial charge is 0.140 e. The van der Waals surface area contributed by atoms with Gasteiger partial charge >= 0.3 is 0 Å². The molecule has 1 aromatic carbocycles. The number of hydrogen-bond donors (Lipinski definition) is 1. The number of benzene rings is 1. The summed E-state index contributed by atoms with van der Waals surface area (Å²) in [6, 6.07) is 6.03. The summed E-state index contributed by atoms with van der Waals surface area (Å²) in [7, 11) is 3.97. The Bertz CT molecular complexity index is 558. The average molecular weight is 259 g/mol. The Hall–Kier alpha value is -1.81. The van der Waals surface area contributed by atoms with Gasteiger partial charge in [-0.3, -0.25) is 0 Å². The Morgan fingerprint density at radius 1 is 1.32 bits per heavy atom. The minimum atomic E-state index is 0.333. The summed E-state index contributed by atoms with van der Waals surface area (Å²) in [6.07, 6.45) is 3.80. The van der Waals surface area contributed by atoms with Gasteiger partial charge in [0.05, 0.1) is 0 Å². The van der Waals surface area contributed by atoms with Crippen LogP contribution in [0.2, 0.25) is 0 Å². The van der Waals surface area contributed by atoms with Crippen LogP contribution in [-0.2, 0) is 6.54 Å². The van der Waals surface area contributed by atoms with E-state index in [0.29, 0.717) is 18.3 Å². The maximum absolute atomic E-state index is 9.91. The predicted octanol–water partition coefficient (Wildman–Crippen LogP) is 2.90. The summed E-state index contributed by atoms with van der Waals surface area (Å²) in [6.45, 7) is 4.97. The highest BCUT2D eigenvalue weighted by atomic mass is 16.3. The van der Waals surface area contributed by atoms with Gasteiger partial charge in [-0.1, -0.05) is 0 Å². The largest absolute Gasteiger partial charge is 0.508 e. The summed E-state index contributed by atoms with van der Waals surface area (Å²) >= 11 is 0. The fourth-order valence-corrected chi connectivity index (χ4v) is 2.15. The van der Waals surface area contributed by atoms with Crippen LogP contribution in [0.1, 0.15) is 25.5 Å². The number of aromatic hydroxyl groups is 1. The molecule has 2 rings (SSSR count). The van der Waals surface area contributed by atoms with E-state index >= 15 is 0 Å². The van der Waals surface area contributed by atoms with Crippen LogP contribution in [-0.4, -0.2) is 33.7 Å². The van der Waals surface area contributed by atoms with Crippen LogP contribution in [0, 0.1) is 0 Å². The van der Waals surface area contributed by atoms with Crippen LogP contribution in [0.4, 0.5) is 0 Å². The van der Waals surface area contributed by atoms with Gasteiger partial charge in [0.1, 0.15) is 11.6 Å². The molecule has 0 saturated carbocycles. The van der Waals surface area contributed by atoms with Crippen molar-refractivity contribution in [1.82, 2.24) is 14.5 Å². The first kappa shape index (κ1) is 13.6. The highest BCUT2D eigenvalue weighted by Gasteiger charge is 2.11. The molecule has 0 atom stereocenters. The fraction of sp³-hybridized carbons (Fsp3) is 0.400. The van der Waals surface area contributed by atoms with Crippen LogP contribution < -0.4 is 0 Å². The predicted molar refractivity (Wildman–Crippen MR) is 77.1 cm³/mol. The third-order valence-electron chi connectivity index (χ3n) is 3.05. The maximum Gasteiger partial charge on any atom is 0.140 e. The minimum absolute atomic E-state index is 0.333. The van der Waals surface area contributed by atoms with E-state index in [1.807, 2.05) is 43.5 Å². The molecule has 0 amide bonds. The average Bonchev–Trinajstić information content (AvgIpc) is 2.80. The molecule has 0 unspecified atom stereocenters. The van der Waals surface area contributed by atoms with E-state index < -0.39 is 0 Å². The van der Waals surface area contributed by atoms with Gasteiger partial charge in [0.15, 0.2) is 0 Å². The van der Waals surface area contributed by atoms with Crippen LogP contribution in [0.25, 0.3) is 11.4 Å². The lowest BCUT2D eigenvalue weighted by Gasteiger charge is -2.15. The molecule has 0 radical (unpaired) electrons. The SMILES string of the molecule is CC(C)n1ccnc1-c1ccc(O)c(CN(C)C)c1. The second kappa shape index (κ2) is 5.45. The molecule has 2 aromatic rings. The van der Waals surface area contributed by atoms with Gasteiger partial charge in [-0.15, -0.1) is 0 Å². The molecular weight excluding hydrogens is 238 g/mol. The molecule has 102 valence electrons. The molecule has 1 aromatic heterocycles. The van der Waals surface area contributed by atoms with E-state index in [9.17, 15) is 5.11 Å². The number of phenolic OH excluding ortho intramolecular Hbond substituents is 1. The van der Waals surface area contributed by atoms with Gasteiger partial charge in [-0.2, -0.15) is 0 Å². The fourth-order valence-electron chi connectivity index (χ4n) is 2.15. The third kappa shape index (κ3) is 2.96. The van der Waals surface area contributed by atoms with E-state index in [0.717, 1.165) is 17.0 Å². The van der Waals surface area contributed by atoms with Gasteiger partial charge in [0.2, 0.25) is 0 Å². The van der Waals surface area contributed by atoms with Crippen molar-refractivity contribution < 1.29 is 5.11 Å². The molecule has 0 fully saturated rings. The summed E-state index contributed by atoms with van der Waals surface area (Å²) in [5, 5.41) is 9.91. The van der Waals surface area contributed by atoms with Gasteiger partial charge in [0, 0.05) is 36.1 Å². The number of aromatic nitrogens is 2. The highest BCUT2D eigenvalue weighted by Crippen LogP contribution is 2.27. The van der Waals surface area contributed by atoms with Crippen molar-refractivity contribution >= 4 is 0 Å². The number of nitrogens with zero attached hydrogens (tertiary/aromatic N) is 3. The summed E-state index contributed by atoms with van der Waals surface area (Å²) in [4.78, 5) is 6.46. The van der Waals surface area contributed by atoms with Gasteiger partial charge in [-0.25, -0.2) is 4.98 Å². The number of phenols is 1. The monoisotopic (exact) mass is 259 g/mol. The molecule has 19 heavy (non-hydrogen) atoms. The van der Waals surface area contributed by atoms with E-state index in [1.165, 1.54) is 0 Å². The van der Waals surface area contributed by atoms with E-state index in [2.05, 4.69) is 23.4 Å². The molecule has 0 saturated heterocycles. The Morgan fingerprint density at radius 3 is 2.68 bits per heavy atom. The minimum Gasteiger partial charge on any atom is -0.508 e. The first-order valence-electron chi connectivity index (χ1n) is 6.49. The molecule has 0 spiro atoms. The molecule has 0 aliphatic carbocycles. The van der Waals surface area contributed by atoms with Crippen molar-refractivity contribution in [2.75, 3.05) is 14.1 Å². The molecule has 4 heteroatoms. The van der Waals surface area contributed by atoms with E-state index in [-0.39, 0.29) is 0 Å². The van der Waals surface area contributed by atoms with Crippen LogP contribution in [0.3, 0.4) is 0 Å². The third-order valence-corrected chi connectivity index (χ3v) is 3.05. The Kier molecular flexibility index (Phi) is 3.90. The molecule has 1 N–H and O–H groups in total. The van der Waals surface area contributed by atoms with Gasteiger partial charge < -0.3 is 14.6 Å². The second-order valence-electron chi connectivity index (χ2n) is 5.33. The first-order valence-corrected chi connectivity index (χ1v) is 6.49. The van der Waals surface area contributed by atoms with Crippen molar-refractivity contribution in [3.63, 3.8) is 0 Å². The molecule has 1 heterocycles. The van der Waals surface area contributed by atoms with Crippen molar-refractivity contribution in [2.45, 2.75) is 26.4 Å². The second-order valence-corrected chi connectivity index (χ2v) is 5.33. The van der Waals surface area contributed by atoms with Gasteiger partial charge in [0.25, 0.3) is 0 Å². The molecule has 0 aliphatic rings. The van der Waals surface area contributed by atoms with E-state index in [1.54, 1.807) is 6.07 Å². The van der Waals surface area contributed by atoms with Crippen molar-refractivity contribution in [3.05, 3.63) is 36.2 Å².